The third kappa shape index (κ3) is 2.13. The lowest BCUT2D eigenvalue weighted by Crippen LogP contribution is -2.60. The molecule has 1 N–H and O–H groups in total. The number of carboxylic acid groups (broad SMARTS) is 1. The summed E-state index contributed by atoms with van der Waals surface area (Å²) in [4.78, 5) is 11.7. The first-order valence-electron chi connectivity index (χ1n) is 5.69. The summed E-state index contributed by atoms with van der Waals surface area (Å²) < 4.78 is 10.5. The second-order valence-electron chi connectivity index (χ2n) is 4.66. The number of methoxy groups -OCH3 is 2. The molecule has 19 heavy (non-hydrogen) atoms. The summed E-state index contributed by atoms with van der Waals surface area (Å²) >= 11 is 12.1. The summed E-state index contributed by atoms with van der Waals surface area (Å²) in [6.07, 6.45) is 0.394. The fourth-order valence-corrected chi connectivity index (χ4v) is 3.05. The van der Waals surface area contributed by atoms with Crippen LogP contribution in [0.1, 0.15) is 18.4 Å². The third-order valence-electron chi connectivity index (χ3n) is 3.76. The van der Waals surface area contributed by atoms with E-state index >= 15 is 0 Å². The van der Waals surface area contributed by atoms with Crippen LogP contribution in [0, 0.1) is 0 Å². The van der Waals surface area contributed by atoms with Crippen molar-refractivity contribution in [1.82, 2.24) is 0 Å². The number of carbonyl (C=O) groups is 1. The Balaban J connectivity index is 2.45. The Morgan fingerprint density at radius 3 is 2.32 bits per heavy atom. The SMILES string of the molecule is COC1(OC)CC(C(=O)O)(c2cccc(Cl)c2Cl)C1. The summed E-state index contributed by atoms with van der Waals surface area (Å²) in [5.41, 5.74) is -0.618. The van der Waals surface area contributed by atoms with Gasteiger partial charge in [-0.2, -0.15) is 0 Å². The molecule has 1 fully saturated rings. The van der Waals surface area contributed by atoms with Gasteiger partial charge in [-0.1, -0.05) is 35.3 Å². The largest absolute Gasteiger partial charge is 0.481 e. The number of ether oxygens (including phenoxy) is 2. The molecular weight excluding hydrogens is 291 g/mol. The Hall–Kier alpha value is -0.810. The normalized spacial score (nSPS) is 19.8. The average molecular weight is 305 g/mol. The van der Waals surface area contributed by atoms with Crippen molar-refractivity contribution in [2.45, 2.75) is 24.0 Å². The first-order chi connectivity index (χ1) is 8.91. The van der Waals surface area contributed by atoms with Crippen LogP contribution in [0.5, 0.6) is 0 Å². The first-order valence-corrected chi connectivity index (χ1v) is 6.44. The van der Waals surface area contributed by atoms with E-state index in [0.29, 0.717) is 10.6 Å². The lowest BCUT2D eigenvalue weighted by Gasteiger charge is -2.51. The maximum absolute atomic E-state index is 11.7. The summed E-state index contributed by atoms with van der Waals surface area (Å²) in [6, 6.07) is 4.99. The van der Waals surface area contributed by atoms with Crippen molar-refractivity contribution in [2.75, 3.05) is 14.2 Å². The molecule has 0 amide bonds. The molecule has 2 rings (SSSR count). The zero-order valence-corrected chi connectivity index (χ0v) is 12.1. The van der Waals surface area contributed by atoms with E-state index in [2.05, 4.69) is 0 Å². The number of benzene rings is 1. The van der Waals surface area contributed by atoms with E-state index < -0.39 is 17.2 Å². The van der Waals surface area contributed by atoms with Gasteiger partial charge in [-0.15, -0.1) is 0 Å². The fourth-order valence-electron chi connectivity index (χ4n) is 2.57. The van der Waals surface area contributed by atoms with Gasteiger partial charge in [0.25, 0.3) is 0 Å². The van der Waals surface area contributed by atoms with E-state index in [1.165, 1.54) is 14.2 Å². The molecule has 1 aromatic carbocycles. The summed E-state index contributed by atoms with van der Waals surface area (Å²) in [6.45, 7) is 0. The molecule has 0 radical (unpaired) electrons. The Labute approximate surface area is 121 Å². The molecule has 4 nitrogen and oxygen atoms in total. The summed E-state index contributed by atoms with van der Waals surface area (Å²) in [7, 11) is 2.99. The molecule has 0 spiro atoms. The Morgan fingerprint density at radius 2 is 1.84 bits per heavy atom. The molecule has 0 aliphatic heterocycles. The minimum absolute atomic E-state index is 0.197. The van der Waals surface area contributed by atoms with Crippen LogP contribution in [0.25, 0.3) is 0 Å². The third-order valence-corrected chi connectivity index (χ3v) is 4.58. The van der Waals surface area contributed by atoms with E-state index in [1.807, 2.05) is 0 Å². The molecule has 0 unspecified atom stereocenters. The zero-order valence-electron chi connectivity index (χ0n) is 10.6. The van der Waals surface area contributed by atoms with Crippen LogP contribution in [0.2, 0.25) is 10.0 Å². The molecule has 6 heteroatoms. The number of hydrogen-bond acceptors (Lipinski definition) is 3. The minimum atomic E-state index is -1.12. The van der Waals surface area contributed by atoms with Crippen LogP contribution in [-0.4, -0.2) is 31.1 Å². The molecule has 0 aromatic heterocycles. The van der Waals surface area contributed by atoms with Crippen molar-refractivity contribution >= 4 is 29.2 Å². The predicted molar refractivity (Wildman–Crippen MR) is 71.8 cm³/mol. The summed E-state index contributed by atoms with van der Waals surface area (Å²) in [5.74, 6) is -1.83. The van der Waals surface area contributed by atoms with Gasteiger partial charge in [0.15, 0.2) is 5.79 Å². The van der Waals surface area contributed by atoms with Crippen molar-refractivity contribution in [3.8, 4) is 0 Å². The smallest absolute Gasteiger partial charge is 0.314 e. The predicted octanol–water partition coefficient (Wildman–Crippen LogP) is 3.10. The molecule has 1 aromatic rings. The van der Waals surface area contributed by atoms with Crippen LogP contribution in [0.3, 0.4) is 0 Å². The van der Waals surface area contributed by atoms with Crippen molar-refractivity contribution in [1.29, 1.82) is 0 Å². The highest BCUT2D eigenvalue weighted by Gasteiger charge is 2.62. The van der Waals surface area contributed by atoms with Gasteiger partial charge in [0.2, 0.25) is 0 Å². The Bertz CT molecular complexity index is 503. The van der Waals surface area contributed by atoms with Crippen LogP contribution in [-0.2, 0) is 19.7 Å². The topological polar surface area (TPSA) is 55.8 Å². The molecule has 1 saturated carbocycles. The van der Waals surface area contributed by atoms with Gasteiger partial charge in [0, 0.05) is 27.1 Å². The van der Waals surface area contributed by atoms with Gasteiger partial charge >= 0.3 is 5.97 Å². The number of carboxylic acids is 1. The highest BCUT2D eigenvalue weighted by atomic mass is 35.5. The Kier molecular flexibility index (Phi) is 3.80. The molecule has 1 aliphatic rings. The maximum Gasteiger partial charge on any atom is 0.314 e. The van der Waals surface area contributed by atoms with Crippen molar-refractivity contribution < 1.29 is 19.4 Å². The molecular formula is C13H14Cl2O4. The Morgan fingerprint density at radius 1 is 1.26 bits per heavy atom. The minimum Gasteiger partial charge on any atom is -0.481 e. The van der Waals surface area contributed by atoms with Crippen molar-refractivity contribution in [2.24, 2.45) is 0 Å². The second-order valence-corrected chi connectivity index (χ2v) is 5.45. The van der Waals surface area contributed by atoms with Gasteiger partial charge in [-0.05, 0) is 11.6 Å². The van der Waals surface area contributed by atoms with Crippen LogP contribution >= 0.6 is 23.2 Å². The van der Waals surface area contributed by atoms with Crippen LogP contribution < -0.4 is 0 Å². The number of halogens is 2. The van der Waals surface area contributed by atoms with Gasteiger partial charge in [0.1, 0.15) is 5.41 Å². The average Bonchev–Trinajstić information content (AvgIpc) is 2.34. The number of hydrogen-bond donors (Lipinski definition) is 1. The van der Waals surface area contributed by atoms with Gasteiger partial charge < -0.3 is 14.6 Å². The van der Waals surface area contributed by atoms with Gasteiger partial charge in [-0.3, -0.25) is 4.79 Å². The molecule has 104 valence electrons. The van der Waals surface area contributed by atoms with Gasteiger partial charge in [-0.25, -0.2) is 0 Å². The molecule has 0 saturated heterocycles. The fraction of sp³-hybridized carbons (Fsp3) is 0.462. The van der Waals surface area contributed by atoms with Crippen LogP contribution in [0.15, 0.2) is 18.2 Å². The van der Waals surface area contributed by atoms with Crippen LogP contribution in [0.4, 0.5) is 0 Å². The highest BCUT2D eigenvalue weighted by Crippen LogP contribution is 2.54. The summed E-state index contributed by atoms with van der Waals surface area (Å²) in [5, 5.41) is 10.2. The quantitative estimate of drug-likeness (QED) is 0.869. The van der Waals surface area contributed by atoms with E-state index in [9.17, 15) is 9.90 Å². The highest BCUT2D eigenvalue weighted by molar-refractivity contribution is 6.42. The van der Waals surface area contributed by atoms with E-state index in [4.69, 9.17) is 32.7 Å². The molecule has 1 aliphatic carbocycles. The van der Waals surface area contributed by atoms with E-state index in [1.54, 1.807) is 18.2 Å². The molecule has 0 atom stereocenters. The first kappa shape index (κ1) is 14.6. The second kappa shape index (κ2) is 4.94. The van der Waals surface area contributed by atoms with Gasteiger partial charge in [0.05, 0.1) is 10.0 Å². The van der Waals surface area contributed by atoms with E-state index in [-0.39, 0.29) is 17.9 Å². The lowest BCUT2D eigenvalue weighted by atomic mass is 9.60. The zero-order chi connectivity index (χ0) is 14.3. The number of rotatable bonds is 4. The maximum atomic E-state index is 11.7. The molecule has 0 bridgehead atoms. The molecule has 0 heterocycles. The number of aliphatic carboxylic acids is 1. The lowest BCUT2D eigenvalue weighted by molar-refractivity contribution is -0.277. The standard InChI is InChI=1S/C13H14Cl2O4/c1-18-13(19-2)6-12(7-13,11(16)17)8-4-3-5-9(14)10(8)15/h3-5H,6-7H2,1-2H3,(H,16,17). The van der Waals surface area contributed by atoms with Crippen molar-refractivity contribution in [3.63, 3.8) is 0 Å². The van der Waals surface area contributed by atoms with Crippen molar-refractivity contribution in [3.05, 3.63) is 33.8 Å². The van der Waals surface area contributed by atoms with E-state index in [0.717, 1.165) is 0 Å². The monoisotopic (exact) mass is 304 g/mol.